The zero-order valence-corrected chi connectivity index (χ0v) is 20.0. The molecule has 0 aliphatic heterocycles. The van der Waals surface area contributed by atoms with Crippen LogP contribution in [0.5, 0.6) is 5.75 Å². The van der Waals surface area contributed by atoms with Crippen molar-refractivity contribution in [2.75, 3.05) is 6.61 Å². The van der Waals surface area contributed by atoms with Gasteiger partial charge in [0, 0.05) is 16.5 Å². The fourth-order valence-electron chi connectivity index (χ4n) is 3.12. The molecule has 0 saturated carbocycles. The highest BCUT2D eigenvalue weighted by atomic mass is 79.9. The fourth-order valence-corrected chi connectivity index (χ4v) is 3.48. The Kier molecular flexibility index (Phi) is 8.16. The van der Waals surface area contributed by atoms with Crippen LogP contribution in [0.3, 0.4) is 0 Å². The average Bonchev–Trinajstić information content (AvgIpc) is 2.78. The number of hydrogen-bond donors (Lipinski definition) is 0. The number of aryl methyl sites for hydroxylation is 1. The summed E-state index contributed by atoms with van der Waals surface area (Å²) in [6.07, 6.45) is 3.27. The number of ether oxygens (including phenoxy) is 2. The lowest BCUT2D eigenvalue weighted by molar-refractivity contribution is -0.150. The lowest BCUT2D eigenvalue weighted by atomic mass is 10.2. The van der Waals surface area contributed by atoms with E-state index >= 15 is 0 Å². The molecular weight excluding hydrogens is 474 g/mol. The fraction of sp³-hybridized carbons (Fsp3) is 0.333. The maximum Gasteiger partial charge on any atom is 0.347 e. The normalized spacial score (nSPS) is 12.2. The summed E-state index contributed by atoms with van der Waals surface area (Å²) in [6.45, 7) is 5.74. The van der Waals surface area contributed by atoms with E-state index in [9.17, 15) is 9.59 Å². The summed E-state index contributed by atoms with van der Waals surface area (Å²) < 4.78 is 12.9. The van der Waals surface area contributed by atoms with Crippen LogP contribution >= 0.6 is 15.9 Å². The van der Waals surface area contributed by atoms with Gasteiger partial charge in [-0.25, -0.2) is 9.78 Å². The molecule has 8 heteroatoms. The van der Waals surface area contributed by atoms with Crippen molar-refractivity contribution in [2.45, 2.75) is 46.1 Å². The zero-order chi connectivity index (χ0) is 23.1. The van der Waals surface area contributed by atoms with E-state index < -0.39 is 12.1 Å². The predicted molar refractivity (Wildman–Crippen MR) is 128 cm³/mol. The van der Waals surface area contributed by atoms with Gasteiger partial charge < -0.3 is 9.47 Å². The number of benzene rings is 2. The number of fused-ring (bicyclic) bond motifs is 1. The summed E-state index contributed by atoms with van der Waals surface area (Å²) in [5.41, 5.74) is 1.03. The Bertz CT molecular complexity index is 1190. The van der Waals surface area contributed by atoms with Crippen molar-refractivity contribution in [3.8, 4) is 5.75 Å². The maximum atomic E-state index is 13.2. The van der Waals surface area contributed by atoms with E-state index in [1.807, 2.05) is 18.2 Å². The van der Waals surface area contributed by atoms with Gasteiger partial charge in [-0.3, -0.25) is 4.79 Å². The standard InChI is InChI=1S/C24H26BrN3O4/c1-4-6-11-22-27-20-13-12-18(25)14-19(20)23(29)28(22)26-15-17-9-7-8-10-21(17)32-16(3)24(30)31-5-2/h7-10,12-16H,4-6,11H2,1-3H3/t16-/m0/s1. The monoisotopic (exact) mass is 499 g/mol. The molecule has 0 aliphatic carbocycles. The molecule has 7 nitrogen and oxygen atoms in total. The van der Waals surface area contributed by atoms with Crippen molar-refractivity contribution < 1.29 is 14.3 Å². The van der Waals surface area contributed by atoms with Crippen molar-refractivity contribution in [1.29, 1.82) is 0 Å². The third kappa shape index (κ3) is 5.62. The second-order valence-electron chi connectivity index (χ2n) is 7.20. The highest BCUT2D eigenvalue weighted by Crippen LogP contribution is 2.19. The molecule has 0 spiro atoms. The van der Waals surface area contributed by atoms with Crippen LogP contribution in [-0.2, 0) is 16.0 Å². The molecule has 1 heterocycles. The molecule has 0 radical (unpaired) electrons. The van der Waals surface area contributed by atoms with Gasteiger partial charge in [-0.2, -0.15) is 9.78 Å². The SMILES string of the molecule is CCCCc1nc2ccc(Br)cc2c(=O)n1N=Cc1ccccc1O[C@@H](C)C(=O)OCC. The first kappa shape index (κ1) is 23.7. The quantitative estimate of drug-likeness (QED) is 0.314. The molecule has 2 aromatic carbocycles. The summed E-state index contributed by atoms with van der Waals surface area (Å²) in [5.74, 6) is 0.624. The van der Waals surface area contributed by atoms with Gasteiger partial charge in [0.1, 0.15) is 11.6 Å². The van der Waals surface area contributed by atoms with E-state index in [-0.39, 0.29) is 12.2 Å². The van der Waals surface area contributed by atoms with Crippen LogP contribution in [0, 0.1) is 0 Å². The Morgan fingerprint density at radius 3 is 2.78 bits per heavy atom. The van der Waals surface area contributed by atoms with Gasteiger partial charge in [0.25, 0.3) is 5.56 Å². The Hall–Kier alpha value is -3.00. The van der Waals surface area contributed by atoms with E-state index in [1.54, 1.807) is 44.3 Å². The second kappa shape index (κ2) is 11.0. The molecule has 0 unspecified atom stereocenters. The molecule has 0 N–H and O–H groups in total. The van der Waals surface area contributed by atoms with Crippen LogP contribution in [0.4, 0.5) is 0 Å². The van der Waals surface area contributed by atoms with Gasteiger partial charge in [-0.05, 0) is 50.6 Å². The molecule has 0 aliphatic rings. The second-order valence-corrected chi connectivity index (χ2v) is 8.12. The van der Waals surface area contributed by atoms with E-state index in [2.05, 4.69) is 32.9 Å². The van der Waals surface area contributed by atoms with Crippen LogP contribution in [0.25, 0.3) is 10.9 Å². The van der Waals surface area contributed by atoms with E-state index in [1.165, 1.54) is 4.68 Å². The minimum absolute atomic E-state index is 0.239. The van der Waals surface area contributed by atoms with E-state index in [4.69, 9.17) is 9.47 Å². The Morgan fingerprint density at radius 1 is 1.25 bits per heavy atom. The molecule has 3 rings (SSSR count). The number of para-hydroxylation sites is 1. The number of carbonyl (C=O) groups excluding carboxylic acids is 1. The largest absolute Gasteiger partial charge is 0.478 e. The third-order valence-electron chi connectivity index (χ3n) is 4.78. The van der Waals surface area contributed by atoms with Gasteiger partial charge in [-0.15, -0.1) is 0 Å². The zero-order valence-electron chi connectivity index (χ0n) is 18.4. The van der Waals surface area contributed by atoms with Gasteiger partial charge in [-0.1, -0.05) is 41.4 Å². The lowest BCUT2D eigenvalue weighted by Crippen LogP contribution is -2.26. The number of unbranched alkanes of at least 4 members (excludes halogenated alkanes) is 1. The average molecular weight is 500 g/mol. The highest BCUT2D eigenvalue weighted by molar-refractivity contribution is 9.10. The first-order valence-electron chi connectivity index (χ1n) is 10.6. The van der Waals surface area contributed by atoms with Gasteiger partial charge in [0.05, 0.1) is 23.7 Å². The smallest absolute Gasteiger partial charge is 0.347 e. The summed E-state index contributed by atoms with van der Waals surface area (Å²) in [5, 5.41) is 4.95. The molecular formula is C24H26BrN3O4. The van der Waals surface area contributed by atoms with Crippen LogP contribution in [0.1, 0.15) is 45.0 Å². The molecule has 1 aromatic heterocycles. The molecule has 0 fully saturated rings. The summed E-state index contributed by atoms with van der Waals surface area (Å²) in [6, 6.07) is 12.6. The molecule has 168 valence electrons. The Labute approximate surface area is 195 Å². The van der Waals surface area contributed by atoms with Crippen molar-refractivity contribution in [2.24, 2.45) is 5.10 Å². The van der Waals surface area contributed by atoms with Crippen LogP contribution in [-0.4, -0.2) is 34.6 Å². The Balaban J connectivity index is 2.00. The van der Waals surface area contributed by atoms with Gasteiger partial charge in [0.2, 0.25) is 0 Å². The van der Waals surface area contributed by atoms with Crippen LogP contribution < -0.4 is 10.3 Å². The van der Waals surface area contributed by atoms with Crippen LogP contribution in [0.15, 0.2) is 56.8 Å². The summed E-state index contributed by atoms with van der Waals surface area (Å²) in [4.78, 5) is 29.8. The number of rotatable bonds is 9. The maximum absolute atomic E-state index is 13.2. The van der Waals surface area contributed by atoms with E-state index in [0.29, 0.717) is 34.5 Å². The number of nitrogens with zero attached hydrogens (tertiary/aromatic N) is 3. The molecule has 3 aromatic rings. The topological polar surface area (TPSA) is 82.8 Å². The summed E-state index contributed by atoms with van der Waals surface area (Å²) >= 11 is 3.41. The minimum Gasteiger partial charge on any atom is -0.478 e. The van der Waals surface area contributed by atoms with E-state index in [0.717, 1.165) is 17.3 Å². The molecule has 0 saturated heterocycles. The van der Waals surface area contributed by atoms with Crippen molar-refractivity contribution in [3.05, 3.63) is 68.7 Å². The van der Waals surface area contributed by atoms with Crippen molar-refractivity contribution >= 4 is 39.0 Å². The van der Waals surface area contributed by atoms with Crippen molar-refractivity contribution in [1.82, 2.24) is 9.66 Å². The number of hydrogen-bond acceptors (Lipinski definition) is 6. The summed E-state index contributed by atoms with van der Waals surface area (Å²) in [7, 11) is 0. The highest BCUT2D eigenvalue weighted by Gasteiger charge is 2.17. The minimum atomic E-state index is -0.771. The first-order chi connectivity index (χ1) is 15.4. The molecule has 1 atom stereocenters. The number of carbonyl (C=O) groups is 1. The van der Waals surface area contributed by atoms with Gasteiger partial charge in [0.15, 0.2) is 6.10 Å². The molecule has 32 heavy (non-hydrogen) atoms. The number of esters is 1. The molecule has 0 bridgehead atoms. The molecule has 0 amide bonds. The Morgan fingerprint density at radius 2 is 2.03 bits per heavy atom. The lowest BCUT2D eigenvalue weighted by Gasteiger charge is -2.15. The number of aromatic nitrogens is 2. The van der Waals surface area contributed by atoms with Crippen LogP contribution in [0.2, 0.25) is 0 Å². The predicted octanol–water partition coefficient (Wildman–Crippen LogP) is 4.71. The van der Waals surface area contributed by atoms with Gasteiger partial charge >= 0.3 is 5.97 Å². The number of halogens is 1. The third-order valence-corrected chi connectivity index (χ3v) is 5.28. The first-order valence-corrected chi connectivity index (χ1v) is 11.4. The van der Waals surface area contributed by atoms with Crippen molar-refractivity contribution in [3.63, 3.8) is 0 Å².